The molecule has 1 aromatic rings. The van der Waals surface area contributed by atoms with Gasteiger partial charge in [0.15, 0.2) is 0 Å². The van der Waals surface area contributed by atoms with Crippen LogP contribution in [0, 0.1) is 11.8 Å². The second kappa shape index (κ2) is 8.22. The van der Waals surface area contributed by atoms with Gasteiger partial charge < -0.3 is 9.64 Å². The maximum atomic E-state index is 11.9. The highest BCUT2D eigenvalue weighted by Crippen LogP contribution is 2.32. The van der Waals surface area contributed by atoms with E-state index in [-0.39, 0.29) is 11.8 Å². The van der Waals surface area contributed by atoms with Crippen LogP contribution < -0.4 is 4.74 Å². The van der Waals surface area contributed by atoms with E-state index in [4.69, 9.17) is 4.74 Å². The molecule has 1 saturated heterocycles. The molecule has 2 fully saturated rings. The van der Waals surface area contributed by atoms with E-state index in [1.807, 2.05) is 25.8 Å². The lowest BCUT2D eigenvalue weighted by molar-refractivity contribution is -0.134. The van der Waals surface area contributed by atoms with Crippen LogP contribution in [0.1, 0.15) is 45.1 Å². The number of carbonyl (C=O) groups excluding carboxylic acids is 1. The van der Waals surface area contributed by atoms with Crippen LogP contribution in [0.3, 0.4) is 0 Å². The summed E-state index contributed by atoms with van der Waals surface area (Å²) in [4.78, 5) is 16.3. The Kier molecular flexibility index (Phi) is 6.00. The molecule has 1 heterocycles. The van der Waals surface area contributed by atoms with Gasteiger partial charge in [0.25, 0.3) is 0 Å². The molecule has 0 spiro atoms. The standard InChI is InChI=1S/C21H32N2O2/c1-16(2)21(24)22(3)14-18-12-20(13-18)25-19-8-6-17(7-9-19)15-23-10-4-5-11-23/h6-9,16,18,20H,4-5,10-15H2,1-3H3. The van der Waals surface area contributed by atoms with Crippen molar-refractivity contribution < 1.29 is 9.53 Å². The third-order valence-electron chi connectivity index (χ3n) is 5.43. The third kappa shape index (κ3) is 4.97. The number of benzene rings is 1. The molecule has 1 aromatic carbocycles. The summed E-state index contributed by atoms with van der Waals surface area (Å²) in [7, 11) is 1.91. The van der Waals surface area contributed by atoms with Gasteiger partial charge >= 0.3 is 0 Å². The summed E-state index contributed by atoms with van der Waals surface area (Å²) in [6, 6.07) is 8.60. The van der Waals surface area contributed by atoms with Crippen molar-refractivity contribution in [2.24, 2.45) is 11.8 Å². The minimum atomic E-state index is 0.0798. The van der Waals surface area contributed by atoms with E-state index in [1.165, 1.54) is 31.5 Å². The number of rotatable bonds is 7. The van der Waals surface area contributed by atoms with Gasteiger partial charge in [-0.25, -0.2) is 0 Å². The monoisotopic (exact) mass is 344 g/mol. The highest BCUT2D eigenvalue weighted by molar-refractivity contribution is 5.77. The van der Waals surface area contributed by atoms with Gasteiger partial charge in [0.2, 0.25) is 5.91 Å². The molecule has 1 aliphatic carbocycles. The number of hydrogen-bond donors (Lipinski definition) is 0. The summed E-state index contributed by atoms with van der Waals surface area (Å²) in [5.41, 5.74) is 1.37. The Morgan fingerprint density at radius 3 is 2.44 bits per heavy atom. The van der Waals surface area contributed by atoms with Crippen molar-refractivity contribution in [1.82, 2.24) is 9.80 Å². The summed E-state index contributed by atoms with van der Waals surface area (Å²) in [6.07, 6.45) is 5.07. The van der Waals surface area contributed by atoms with E-state index < -0.39 is 0 Å². The lowest BCUT2D eigenvalue weighted by Gasteiger charge is -2.37. The van der Waals surface area contributed by atoms with E-state index in [9.17, 15) is 4.79 Å². The van der Waals surface area contributed by atoms with E-state index in [1.54, 1.807) is 0 Å². The number of likely N-dealkylation sites (tertiary alicyclic amines) is 1. The van der Waals surface area contributed by atoms with Crippen molar-refractivity contribution in [3.8, 4) is 5.75 Å². The Morgan fingerprint density at radius 1 is 1.20 bits per heavy atom. The van der Waals surface area contributed by atoms with Gasteiger partial charge in [-0.2, -0.15) is 0 Å². The van der Waals surface area contributed by atoms with Gasteiger partial charge in [-0.3, -0.25) is 9.69 Å². The highest BCUT2D eigenvalue weighted by Gasteiger charge is 2.32. The fraction of sp³-hybridized carbons (Fsp3) is 0.667. The fourth-order valence-electron chi connectivity index (χ4n) is 3.90. The first-order valence-electron chi connectivity index (χ1n) is 9.74. The molecular formula is C21H32N2O2. The molecule has 2 aliphatic rings. The molecule has 1 aliphatic heterocycles. The number of nitrogens with zero attached hydrogens (tertiary/aromatic N) is 2. The molecule has 25 heavy (non-hydrogen) atoms. The molecule has 0 unspecified atom stereocenters. The Labute approximate surface area is 152 Å². The predicted molar refractivity (Wildman–Crippen MR) is 101 cm³/mol. The van der Waals surface area contributed by atoms with Gasteiger partial charge in [-0.05, 0) is 62.4 Å². The molecule has 1 saturated carbocycles. The quantitative estimate of drug-likeness (QED) is 0.758. The molecule has 4 heteroatoms. The average molecular weight is 344 g/mol. The molecule has 3 rings (SSSR count). The first kappa shape index (κ1) is 18.2. The molecule has 1 amide bonds. The minimum absolute atomic E-state index is 0.0798. The zero-order chi connectivity index (χ0) is 17.8. The van der Waals surface area contributed by atoms with E-state index >= 15 is 0 Å². The summed E-state index contributed by atoms with van der Waals surface area (Å²) < 4.78 is 6.08. The van der Waals surface area contributed by atoms with Crippen LogP contribution in [0.2, 0.25) is 0 Å². The van der Waals surface area contributed by atoms with Gasteiger partial charge in [0, 0.05) is 26.1 Å². The maximum Gasteiger partial charge on any atom is 0.224 e. The predicted octanol–water partition coefficient (Wildman–Crippen LogP) is 3.55. The summed E-state index contributed by atoms with van der Waals surface area (Å²) in [5.74, 6) is 1.86. The van der Waals surface area contributed by atoms with Crippen molar-refractivity contribution in [2.45, 2.75) is 52.2 Å². The first-order valence-corrected chi connectivity index (χ1v) is 9.74. The Hall–Kier alpha value is -1.55. The largest absolute Gasteiger partial charge is 0.490 e. The third-order valence-corrected chi connectivity index (χ3v) is 5.43. The number of amides is 1. The molecular weight excluding hydrogens is 312 g/mol. The van der Waals surface area contributed by atoms with Crippen LogP contribution in [0.5, 0.6) is 5.75 Å². The second-order valence-corrected chi connectivity index (χ2v) is 8.08. The summed E-state index contributed by atoms with van der Waals surface area (Å²) in [5, 5.41) is 0. The number of carbonyl (C=O) groups is 1. The highest BCUT2D eigenvalue weighted by atomic mass is 16.5. The molecule has 0 atom stereocenters. The van der Waals surface area contributed by atoms with Crippen LogP contribution in [0.4, 0.5) is 0 Å². The van der Waals surface area contributed by atoms with Gasteiger partial charge in [-0.15, -0.1) is 0 Å². The minimum Gasteiger partial charge on any atom is -0.490 e. The van der Waals surface area contributed by atoms with E-state index in [0.717, 1.165) is 31.7 Å². The summed E-state index contributed by atoms with van der Waals surface area (Å²) >= 11 is 0. The topological polar surface area (TPSA) is 32.8 Å². The SMILES string of the molecule is CC(C)C(=O)N(C)CC1CC(Oc2ccc(CN3CCCC3)cc2)C1. The van der Waals surface area contributed by atoms with E-state index in [2.05, 4.69) is 29.2 Å². The number of hydrogen-bond acceptors (Lipinski definition) is 3. The van der Waals surface area contributed by atoms with Crippen LogP contribution in [-0.2, 0) is 11.3 Å². The average Bonchev–Trinajstić information content (AvgIpc) is 3.06. The molecule has 0 N–H and O–H groups in total. The Bertz CT molecular complexity index is 558. The van der Waals surface area contributed by atoms with Crippen LogP contribution >= 0.6 is 0 Å². The molecule has 0 aromatic heterocycles. The van der Waals surface area contributed by atoms with Crippen LogP contribution in [-0.4, -0.2) is 48.5 Å². The smallest absolute Gasteiger partial charge is 0.224 e. The lowest BCUT2D eigenvalue weighted by Crippen LogP contribution is -2.42. The zero-order valence-electron chi connectivity index (χ0n) is 15.9. The zero-order valence-corrected chi connectivity index (χ0v) is 15.9. The van der Waals surface area contributed by atoms with E-state index in [0.29, 0.717) is 12.0 Å². The van der Waals surface area contributed by atoms with Crippen molar-refractivity contribution in [1.29, 1.82) is 0 Å². The molecule has 4 nitrogen and oxygen atoms in total. The normalized spacial score (nSPS) is 23.5. The fourth-order valence-corrected chi connectivity index (χ4v) is 3.90. The molecule has 0 radical (unpaired) electrons. The second-order valence-electron chi connectivity index (χ2n) is 8.08. The van der Waals surface area contributed by atoms with Crippen molar-refractivity contribution in [2.75, 3.05) is 26.7 Å². The van der Waals surface area contributed by atoms with Crippen molar-refractivity contribution >= 4 is 5.91 Å². The van der Waals surface area contributed by atoms with Crippen LogP contribution in [0.15, 0.2) is 24.3 Å². The van der Waals surface area contributed by atoms with Crippen LogP contribution in [0.25, 0.3) is 0 Å². The maximum absolute atomic E-state index is 11.9. The lowest BCUT2D eigenvalue weighted by atomic mass is 9.82. The van der Waals surface area contributed by atoms with Crippen molar-refractivity contribution in [3.63, 3.8) is 0 Å². The van der Waals surface area contributed by atoms with Gasteiger partial charge in [0.1, 0.15) is 5.75 Å². The Balaban J connectivity index is 1.38. The summed E-state index contributed by atoms with van der Waals surface area (Å²) in [6.45, 7) is 8.29. The van der Waals surface area contributed by atoms with Gasteiger partial charge in [0.05, 0.1) is 6.10 Å². The number of ether oxygens (including phenoxy) is 1. The first-order chi connectivity index (χ1) is 12.0. The Morgan fingerprint density at radius 2 is 1.84 bits per heavy atom. The molecule has 138 valence electrons. The van der Waals surface area contributed by atoms with Gasteiger partial charge in [-0.1, -0.05) is 26.0 Å². The molecule has 0 bridgehead atoms. The van der Waals surface area contributed by atoms with Crippen molar-refractivity contribution in [3.05, 3.63) is 29.8 Å².